The number of nitrogens with one attached hydrogen (secondary N) is 2. The molecule has 0 radical (unpaired) electrons. The molecule has 2 N–H and O–H groups in total. The van der Waals surface area contributed by atoms with Crippen molar-refractivity contribution in [2.45, 2.75) is 32.1 Å². The monoisotopic (exact) mass is 356 g/mol. The number of carbonyl (C=O) groups is 1. The first-order valence-corrected chi connectivity index (χ1v) is 8.15. The molecule has 5 nitrogen and oxygen atoms in total. The highest BCUT2D eigenvalue weighted by Gasteiger charge is 2.36. The summed E-state index contributed by atoms with van der Waals surface area (Å²) in [5.41, 5.74) is 4.05. The van der Waals surface area contributed by atoms with Crippen molar-refractivity contribution in [1.82, 2.24) is 15.6 Å². The van der Waals surface area contributed by atoms with Crippen molar-refractivity contribution in [3.8, 4) is 0 Å². The Kier molecular flexibility index (Phi) is 4.20. The summed E-state index contributed by atoms with van der Waals surface area (Å²) < 4.78 is 38.3. The molecule has 0 fully saturated rings. The number of halogens is 3. The van der Waals surface area contributed by atoms with Crippen LogP contribution in [0, 0.1) is 0 Å². The molecular weight excluding hydrogens is 341 g/mol. The van der Waals surface area contributed by atoms with Crippen molar-refractivity contribution in [2.75, 3.05) is 0 Å². The summed E-state index contributed by atoms with van der Waals surface area (Å²) in [4.78, 5) is 13.6. The zero-order valence-electron chi connectivity index (χ0n) is 12.9. The highest BCUT2D eigenvalue weighted by atomic mass is 32.2. The lowest BCUT2D eigenvalue weighted by Crippen LogP contribution is -2.55. The molecule has 0 saturated heterocycles. The summed E-state index contributed by atoms with van der Waals surface area (Å²) in [5.74, 6) is 0.175. The zero-order valence-corrected chi connectivity index (χ0v) is 13.8. The van der Waals surface area contributed by atoms with Crippen molar-refractivity contribution in [3.05, 3.63) is 46.7 Å². The number of hydrogen-bond acceptors (Lipinski definition) is 5. The minimum absolute atomic E-state index is 0.166. The maximum Gasteiger partial charge on any atom is 0.416 e. The lowest BCUT2D eigenvalue weighted by molar-refractivity contribution is -0.137. The molecule has 24 heavy (non-hydrogen) atoms. The SMILES string of the molecule is CC1=C(C)N2C(SCc3cccc(C(F)(F)F)c3)=NNC2NC1=O. The Balaban J connectivity index is 1.73. The predicted octanol–water partition coefficient (Wildman–Crippen LogP) is 2.82. The van der Waals surface area contributed by atoms with Crippen molar-refractivity contribution in [3.63, 3.8) is 0 Å². The topological polar surface area (TPSA) is 56.7 Å². The van der Waals surface area contributed by atoms with Crippen LogP contribution in [-0.2, 0) is 16.7 Å². The van der Waals surface area contributed by atoms with Crippen LogP contribution < -0.4 is 10.7 Å². The van der Waals surface area contributed by atoms with Gasteiger partial charge in [0.25, 0.3) is 5.91 Å². The number of benzene rings is 1. The maximum absolute atomic E-state index is 12.8. The number of hydrazone groups is 1. The van der Waals surface area contributed by atoms with Gasteiger partial charge in [0, 0.05) is 17.0 Å². The molecule has 1 aromatic carbocycles. The van der Waals surface area contributed by atoms with E-state index in [-0.39, 0.29) is 5.91 Å². The van der Waals surface area contributed by atoms with Crippen LogP contribution in [0.3, 0.4) is 0 Å². The molecule has 2 aliphatic heterocycles. The van der Waals surface area contributed by atoms with Crippen LogP contribution in [0.4, 0.5) is 13.2 Å². The molecule has 0 spiro atoms. The third-order valence-electron chi connectivity index (χ3n) is 3.88. The summed E-state index contributed by atoms with van der Waals surface area (Å²) >= 11 is 1.31. The molecule has 1 aromatic rings. The van der Waals surface area contributed by atoms with Gasteiger partial charge < -0.3 is 5.32 Å². The Morgan fingerprint density at radius 3 is 2.79 bits per heavy atom. The fourth-order valence-corrected chi connectivity index (χ4v) is 3.41. The van der Waals surface area contributed by atoms with Crippen molar-refractivity contribution < 1.29 is 18.0 Å². The summed E-state index contributed by atoms with van der Waals surface area (Å²) in [6, 6.07) is 5.23. The molecule has 1 unspecified atom stereocenters. The Hall–Kier alpha value is -2.16. The normalized spacial score (nSPS) is 20.5. The number of fused-ring (bicyclic) bond motifs is 1. The van der Waals surface area contributed by atoms with E-state index in [1.807, 2.05) is 11.8 Å². The van der Waals surface area contributed by atoms with Gasteiger partial charge in [-0.25, -0.2) is 0 Å². The second-order valence-corrected chi connectivity index (χ2v) is 6.41. The van der Waals surface area contributed by atoms with Crippen molar-refractivity contribution in [2.24, 2.45) is 5.10 Å². The molecule has 0 saturated carbocycles. The second kappa shape index (κ2) is 6.04. The van der Waals surface area contributed by atoms with Crippen LogP contribution in [-0.4, -0.2) is 22.3 Å². The first-order chi connectivity index (χ1) is 11.3. The Labute approximate surface area is 141 Å². The van der Waals surface area contributed by atoms with Gasteiger partial charge >= 0.3 is 6.18 Å². The first-order valence-electron chi connectivity index (χ1n) is 7.17. The number of alkyl halides is 3. The average molecular weight is 356 g/mol. The zero-order chi connectivity index (χ0) is 17.5. The summed E-state index contributed by atoms with van der Waals surface area (Å²) in [5, 5.41) is 7.53. The fourth-order valence-electron chi connectivity index (χ4n) is 2.44. The third kappa shape index (κ3) is 3.08. The molecule has 9 heteroatoms. The molecule has 1 atom stereocenters. The number of amides is 1. The highest BCUT2D eigenvalue weighted by molar-refractivity contribution is 8.13. The minimum atomic E-state index is -4.36. The fraction of sp³-hybridized carbons (Fsp3) is 0.333. The van der Waals surface area contributed by atoms with Crippen molar-refractivity contribution >= 4 is 22.8 Å². The number of hydrogen-bond donors (Lipinski definition) is 2. The summed E-state index contributed by atoms with van der Waals surface area (Å²) in [7, 11) is 0. The smallest absolute Gasteiger partial charge is 0.313 e. The van der Waals surface area contributed by atoms with E-state index in [4.69, 9.17) is 0 Å². The van der Waals surface area contributed by atoms with Gasteiger partial charge in [-0.1, -0.05) is 30.0 Å². The molecule has 128 valence electrons. The number of carbonyl (C=O) groups excluding carboxylic acids is 1. The van der Waals surface area contributed by atoms with E-state index in [1.54, 1.807) is 13.0 Å². The molecule has 0 aromatic heterocycles. The van der Waals surface area contributed by atoms with E-state index in [9.17, 15) is 18.0 Å². The van der Waals surface area contributed by atoms with Gasteiger partial charge in [-0.2, -0.15) is 18.3 Å². The maximum atomic E-state index is 12.8. The highest BCUT2D eigenvalue weighted by Crippen LogP contribution is 2.31. The summed E-state index contributed by atoms with van der Waals surface area (Å²) in [6.07, 6.45) is -4.81. The number of allylic oxidation sites excluding steroid dienone is 1. The Morgan fingerprint density at radius 2 is 2.08 bits per heavy atom. The van der Waals surface area contributed by atoms with Gasteiger partial charge in [0.15, 0.2) is 11.5 Å². The predicted molar refractivity (Wildman–Crippen MR) is 85.5 cm³/mol. The lowest BCUT2D eigenvalue weighted by Gasteiger charge is -2.33. The van der Waals surface area contributed by atoms with Gasteiger partial charge in [0.1, 0.15) is 0 Å². The van der Waals surface area contributed by atoms with E-state index in [2.05, 4.69) is 15.8 Å². The van der Waals surface area contributed by atoms with E-state index in [1.165, 1.54) is 17.8 Å². The molecular formula is C15H15F3N4OS. The number of nitrogens with zero attached hydrogens (tertiary/aromatic N) is 2. The Bertz CT molecular complexity index is 744. The minimum Gasteiger partial charge on any atom is -0.313 e. The van der Waals surface area contributed by atoms with E-state index < -0.39 is 18.0 Å². The standard InChI is InChI=1S/C15H15F3N4OS/c1-8-9(2)22-13(19-12(8)23)20-21-14(22)24-7-10-4-3-5-11(6-10)15(16,17)18/h3-6,13,20H,7H2,1-2H3,(H,19,23). The van der Waals surface area contributed by atoms with Gasteiger partial charge in [0.05, 0.1) is 5.56 Å². The summed E-state index contributed by atoms with van der Waals surface area (Å²) in [6.45, 7) is 3.53. The van der Waals surface area contributed by atoms with E-state index >= 15 is 0 Å². The largest absolute Gasteiger partial charge is 0.416 e. The average Bonchev–Trinajstić information content (AvgIpc) is 2.93. The molecule has 2 heterocycles. The van der Waals surface area contributed by atoms with Gasteiger partial charge in [-0.15, -0.1) is 0 Å². The van der Waals surface area contributed by atoms with Crippen LogP contribution in [0.1, 0.15) is 25.0 Å². The first kappa shape index (κ1) is 16.7. The van der Waals surface area contributed by atoms with Gasteiger partial charge in [-0.05, 0) is 25.5 Å². The van der Waals surface area contributed by atoms with Crippen LogP contribution in [0.2, 0.25) is 0 Å². The number of rotatable bonds is 2. The molecule has 0 aliphatic carbocycles. The van der Waals surface area contributed by atoms with Crippen LogP contribution in [0.5, 0.6) is 0 Å². The molecule has 2 aliphatic rings. The van der Waals surface area contributed by atoms with E-state index in [0.29, 0.717) is 22.1 Å². The quantitative estimate of drug-likeness (QED) is 0.856. The number of amidine groups is 1. The Morgan fingerprint density at radius 1 is 1.33 bits per heavy atom. The third-order valence-corrected chi connectivity index (χ3v) is 4.91. The van der Waals surface area contributed by atoms with Crippen molar-refractivity contribution in [1.29, 1.82) is 0 Å². The van der Waals surface area contributed by atoms with Gasteiger partial charge in [0.2, 0.25) is 0 Å². The van der Waals surface area contributed by atoms with Crippen LogP contribution in [0.25, 0.3) is 0 Å². The second-order valence-electron chi connectivity index (χ2n) is 5.47. The van der Waals surface area contributed by atoms with Crippen LogP contribution >= 0.6 is 11.8 Å². The molecule has 0 bridgehead atoms. The molecule has 3 rings (SSSR count). The van der Waals surface area contributed by atoms with Gasteiger partial charge in [-0.3, -0.25) is 15.1 Å². The number of thioether (sulfide) groups is 1. The lowest BCUT2D eigenvalue weighted by atomic mass is 10.1. The van der Waals surface area contributed by atoms with Crippen LogP contribution in [0.15, 0.2) is 40.6 Å². The van der Waals surface area contributed by atoms with E-state index in [0.717, 1.165) is 17.8 Å². The molecule has 1 amide bonds.